The highest BCUT2D eigenvalue weighted by atomic mass is 32.1. The summed E-state index contributed by atoms with van der Waals surface area (Å²) in [6.07, 6.45) is 0. The molecule has 16 aromatic carbocycles. The summed E-state index contributed by atoms with van der Waals surface area (Å²) >= 11 is 3.69. The number of hydrogen-bond acceptors (Lipinski definition) is 8. The minimum atomic E-state index is 0.710. The average molecular weight is 1340 g/mol. The lowest BCUT2D eigenvalue weighted by Gasteiger charge is -2.26. The SMILES string of the molecule is c1ccc(-c2ccc(N(c3ccccc3)c3ccc(-c4nc(-c5ccc6c(c5)sc5cc7ccccc7cc56)c5ccccc5n4)cc3)cc2)cc1.c1ccc(N(c2ccc(-c3nc(-c4ccc5c(c4)sc4cc6ccccc6cc45)c4ccccc4n3)cc2)c2ccc3ccccc3c2)cc1. The molecule has 8 heteroatoms. The van der Waals surface area contributed by atoms with Crippen LogP contribution >= 0.6 is 22.7 Å². The quantitative estimate of drug-likeness (QED) is 0.129. The van der Waals surface area contributed by atoms with Crippen LogP contribution in [-0.2, 0) is 0 Å². The zero-order valence-corrected chi connectivity index (χ0v) is 56.8. The van der Waals surface area contributed by atoms with E-state index in [9.17, 15) is 0 Å². The van der Waals surface area contributed by atoms with Crippen molar-refractivity contribution in [1.29, 1.82) is 0 Å². The van der Waals surface area contributed by atoms with Crippen LogP contribution in [0, 0.1) is 0 Å². The lowest BCUT2D eigenvalue weighted by atomic mass is 10.0. The number of benzene rings is 16. The summed E-state index contributed by atoms with van der Waals surface area (Å²) in [5, 5.41) is 14.8. The van der Waals surface area contributed by atoms with Gasteiger partial charge in [-0.2, -0.15) is 0 Å². The molecule has 0 saturated carbocycles. The second-order valence-electron chi connectivity index (χ2n) is 25.7. The van der Waals surface area contributed by atoms with Crippen LogP contribution in [0.1, 0.15) is 0 Å². The number of nitrogens with zero attached hydrogens (tertiary/aromatic N) is 6. The Labute approximate surface area is 597 Å². The first-order valence-electron chi connectivity index (χ1n) is 34.3. The van der Waals surface area contributed by atoms with Gasteiger partial charge >= 0.3 is 0 Å². The number of aromatic nitrogens is 4. The molecule has 20 rings (SSSR count). The molecule has 0 bridgehead atoms. The molecule has 0 atom stereocenters. The van der Waals surface area contributed by atoms with Crippen molar-refractivity contribution >= 4 is 151 Å². The van der Waals surface area contributed by atoms with Crippen LogP contribution in [0.5, 0.6) is 0 Å². The maximum absolute atomic E-state index is 5.26. The van der Waals surface area contributed by atoms with Crippen molar-refractivity contribution in [3.05, 3.63) is 364 Å². The van der Waals surface area contributed by atoms with Gasteiger partial charge in [0.05, 0.1) is 22.4 Å². The molecule has 0 N–H and O–H groups in total. The van der Waals surface area contributed by atoms with E-state index in [-0.39, 0.29) is 0 Å². The zero-order chi connectivity index (χ0) is 67.5. The maximum Gasteiger partial charge on any atom is 0.160 e. The topological polar surface area (TPSA) is 58.0 Å². The van der Waals surface area contributed by atoms with E-state index in [2.05, 4.69) is 362 Å². The third-order valence-corrected chi connectivity index (χ3v) is 21.7. The van der Waals surface area contributed by atoms with Crippen LogP contribution in [0.3, 0.4) is 0 Å². The summed E-state index contributed by atoms with van der Waals surface area (Å²) in [6, 6.07) is 129. The van der Waals surface area contributed by atoms with Crippen molar-refractivity contribution < 1.29 is 0 Å². The predicted octanol–water partition coefficient (Wildman–Crippen LogP) is 26.7. The van der Waals surface area contributed by atoms with Crippen LogP contribution < -0.4 is 9.80 Å². The Balaban J connectivity index is 0.000000141. The number of anilines is 6. The molecule has 0 saturated heterocycles. The first-order valence-corrected chi connectivity index (χ1v) is 35.9. The van der Waals surface area contributed by atoms with Gasteiger partial charge < -0.3 is 9.80 Å². The molecule has 478 valence electrons. The van der Waals surface area contributed by atoms with E-state index in [0.717, 1.165) is 89.6 Å². The third-order valence-electron chi connectivity index (χ3n) is 19.5. The van der Waals surface area contributed by atoms with E-state index in [1.165, 1.54) is 83.8 Å². The first kappa shape index (κ1) is 60.2. The molecule has 0 unspecified atom stereocenters. The fourth-order valence-electron chi connectivity index (χ4n) is 14.4. The highest BCUT2D eigenvalue weighted by Gasteiger charge is 2.20. The van der Waals surface area contributed by atoms with Crippen molar-refractivity contribution in [2.75, 3.05) is 9.80 Å². The van der Waals surface area contributed by atoms with Gasteiger partial charge in [0.2, 0.25) is 0 Å². The Morgan fingerprint density at radius 1 is 0.186 bits per heavy atom. The Morgan fingerprint density at radius 2 is 0.510 bits per heavy atom. The van der Waals surface area contributed by atoms with Gasteiger partial charge in [0, 0.05) is 107 Å². The first-order chi connectivity index (χ1) is 50.5. The minimum Gasteiger partial charge on any atom is -0.311 e. The second-order valence-corrected chi connectivity index (χ2v) is 27.9. The summed E-state index contributed by atoms with van der Waals surface area (Å²) in [7, 11) is 0. The monoisotopic (exact) mass is 1340 g/mol. The van der Waals surface area contributed by atoms with E-state index >= 15 is 0 Å². The van der Waals surface area contributed by atoms with Crippen LogP contribution in [0.2, 0.25) is 0 Å². The van der Waals surface area contributed by atoms with Gasteiger partial charge in [-0.3, -0.25) is 0 Å². The number of thiophene rings is 2. The summed E-state index contributed by atoms with van der Waals surface area (Å²) < 4.78 is 5.12. The van der Waals surface area contributed by atoms with Crippen LogP contribution in [0.15, 0.2) is 364 Å². The van der Waals surface area contributed by atoms with Crippen molar-refractivity contribution in [3.63, 3.8) is 0 Å². The number of rotatable bonds is 11. The van der Waals surface area contributed by atoms with Gasteiger partial charge in [-0.05, 0) is 189 Å². The summed E-state index contributed by atoms with van der Waals surface area (Å²) in [6.45, 7) is 0. The van der Waals surface area contributed by atoms with Gasteiger partial charge in [0.15, 0.2) is 11.6 Å². The molecule has 0 spiro atoms. The molecule has 102 heavy (non-hydrogen) atoms. The molecule has 6 nitrogen and oxygen atoms in total. The number of hydrogen-bond donors (Lipinski definition) is 0. The van der Waals surface area contributed by atoms with Crippen molar-refractivity contribution in [2.24, 2.45) is 0 Å². The van der Waals surface area contributed by atoms with E-state index in [1.54, 1.807) is 0 Å². The van der Waals surface area contributed by atoms with Crippen molar-refractivity contribution in [3.8, 4) is 56.4 Å². The predicted molar refractivity (Wildman–Crippen MR) is 434 cm³/mol. The summed E-state index contributed by atoms with van der Waals surface area (Å²) in [5.74, 6) is 1.42. The Kier molecular flexibility index (Phi) is 15.2. The highest BCUT2D eigenvalue weighted by molar-refractivity contribution is 7.26. The van der Waals surface area contributed by atoms with Crippen LogP contribution in [0.25, 0.3) is 151 Å². The van der Waals surface area contributed by atoms with E-state index in [0.29, 0.717) is 11.6 Å². The van der Waals surface area contributed by atoms with E-state index in [1.807, 2.05) is 34.8 Å². The van der Waals surface area contributed by atoms with Gasteiger partial charge in [-0.15, -0.1) is 22.7 Å². The molecule has 0 radical (unpaired) electrons. The lowest BCUT2D eigenvalue weighted by molar-refractivity contribution is 1.22. The van der Waals surface area contributed by atoms with Gasteiger partial charge in [0.1, 0.15) is 0 Å². The van der Waals surface area contributed by atoms with Crippen LogP contribution in [0.4, 0.5) is 34.1 Å². The molecule has 20 aromatic rings. The fourth-order valence-corrected chi connectivity index (χ4v) is 16.7. The van der Waals surface area contributed by atoms with E-state index < -0.39 is 0 Å². The third kappa shape index (κ3) is 11.3. The summed E-state index contributed by atoms with van der Waals surface area (Å²) in [5.41, 5.74) is 16.8. The van der Waals surface area contributed by atoms with E-state index in [4.69, 9.17) is 19.9 Å². The highest BCUT2D eigenvalue weighted by Crippen LogP contribution is 2.44. The summed E-state index contributed by atoms with van der Waals surface area (Å²) in [4.78, 5) is 25.2. The maximum atomic E-state index is 5.26. The molecule has 4 heterocycles. The minimum absolute atomic E-state index is 0.710. The van der Waals surface area contributed by atoms with Gasteiger partial charge in [-0.1, -0.05) is 218 Å². The largest absolute Gasteiger partial charge is 0.311 e. The normalized spacial score (nSPS) is 11.5. The Bertz CT molecular complexity index is 6560. The lowest BCUT2D eigenvalue weighted by Crippen LogP contribution is -2.09. The molecular weight excluding hydrogens is 1280 g/mol. The standard InChI is InChI=1S/C48H31N3S.C46H29N3S/c1-3-11-32(12-4-1)33-19-24-39(25-20-33)51(38-15-5-2-6-16-38)40-26-21-34(22-27-40)48-49-44-18-10-9-17-42(44)47(50-48)37-23-28-41-43-29-35-13-7-8-14-36(35)30-46(43)52-45(41)31-37;1-2-14-36(15-3-1)49(38-24-18-30-10-4-5-11-32(30)26-38)37-22-19-31(20-23-37)46-47-42-17-9-8-16-40(42)45(48-46)35-21-25-39-41-27-33-12-6-7-13-34(33)28-44(41)50-43(39)29-35/h1-31H;1-29H. The smallest absolute Gasteiger partial charge is 0.160 e. The van der Waals surface area contributed by atoms with Crippen molar-refractivity contribution in [2.45, 2.75) is 0 Å². The molecule has 0 aliphatic heterocycles. The molecular formula is C94H60N6S2. The zero-order valence-electron chi connectivity index (χ0n) is 55.1. The van der Waals surface area contributed by atoms with Crippen molar-refractivity contribution in [1.82, 2.24) is 19.9 Å². The fraction of sp³-hybridized carbons (Fsp3) is 0. The number of fused-ring (bicyclic) bond motifs is 11. The average Bonchev–Trinajstić information content (AvgIpc) is 1.55. The molecule has 0 fully saturated rings. The van der Waals surface area contributed by atoms with Gasteiger partial charge in [0.25, 0.3) is 0 Å². The molecule has 4 aromatic heterocycles. The molecule has 0 amide bonds. The van der Waals surface area contributed by atoms with Crippen LogP contribution in [-0.4, -0.2) is 19.9 Å². The Hall–Kier alpha value is -13.0. The Morgan fingerprint density at radius 3 is 0.971 bits per heavy atom. The molecule has 0 aliphatic rings. The molecule has 0 aliphatic carbocycles. The van der Waals surface area contributed by atoms with Gasteiger partial charge in [-0.25, -0.2) is 19.9 Å². The second kappa shape index (κ2) is 25.7. The number of para-hydroxylation sites is 4.